The van der Waals surface area contributed by atoms with Gasteiger partial charge in [-0.05, 0) is 94.3 Å². The predicted molar refractivity (Wildman–Crippen MR) is 147 cm³/mol. The van der Waals surface area contributed by atoms with E-state index < -0.39 is 5.60 Å². The monoisotopic (exact) mass is 520 g/mol. The Morgan fingerprint density at radius 3 is 1.97 bits per heavy atom. The second kappa shape index (κ2) is 12.0. The summed E-state index contributed by atoms with van der Waals surface area (Å²) in [5.74, 6) is 4.07. The maximum absolute atomic E-state index is 12.7. The fourth-order valence-electron chi connectivity index (χ4n) is 4.18. The highest BCUT2D eigenvalue weighted by atomic mass is 16.6. The van der Waals surface area contributed by atoms with Gasteiger partial charge in [-0.1, -0.05) is 0 Å². The summed E-state index contributed by atoms with van der Waals surface area (Å²) < 4.78 is 28.4. The molecule has 0 saturated carbocycles. The van der Waals surface area contributed by atoms with E-state index in [9.17, 15) is 4.79 Å². The molecule has 0 spiro atoms. The summed E-state index contributed by atoms with van der Waals surface area (Å²) in [5, 5.41) is 3.48. The van der Waals surface area contributed by atoms with Crippen LogP contribution in [0.15, 0.2) is 66.7 Å². The molecule has 38 heavy (non-hydrogen) atoms. The molecule has 1 aliphatic heterocycles. The van der Waals surface area contributed by atoms with Gasteiger partial charge >= 0.3 is 6.09 Å². The van der Waals surface area contributed by atoms with E-state index in [4.69, 9.17) is 23.7 Å². The van der Waals surface area contributed by atoms with Crippen LogP contribution in [0.2, 0.25) is 0 Å². The summed E-state index contributed by atoms with van der Waals surface area (Å²) in [5.41, 5.74) is 0.260. The Kier molecular flexibility index (Phi) is 8.51. The first-order valence-electron chi connectivity index (χ1n) is 12.8. The molecule has 1 aliphatic rings. The van der Waals surface area contributed by atoms with E-state index in [1.807, 2.05) is 92.4 Å². The van der Waals surface area contributed by atoms with E-state index in [0.717, 1.165) is 30.0 Å². The van der Waals surface area contributed by atoms with Crippen molar-refractivity contribution in [1.29, 1.82) is 0 Å². The standard InChI is InChI=1S/C30H36N2O6/c1-30(2,3)38-29(33)32-18-6-7-21(32)20-31-27-17-16-26(36-24-12-8-22(34-4)9-13-24)19-28(27)37-25-14-10-23(35-5)11-15-25/h8-17,19,21,31H,6-7,18,20H2,1-5H3. The number of likely N-dealkylation sites (tertiary alicyclic amines) is 1. The van der Waals surface area contributed by atoms with Crippen molar-refractivity contribution in [2.45, 2.75) is 45.3 Å². The molecule has 1 unspecified atom stereocenters. The summed E-state index contributed by atoms with van der Waals surface area (Å²) in [6.45, 7) is 6.90. The number of rotatable bonds is 9. The van der Waals surface area contributed by atoms with Crippen molar-refractivity contribution in [3.05, 3.63) is 66.7 Å². The van der Waals surface area contributed by atoms with Gasteiger partial charge < -0.3 is 33.9 Å². The minimum absolute atomic E-state index is 0.0221. The number of nitrogens with zero attached hydrogens (tertiary/aromatic N) is 1. The third kappa shape index (κ3) is 7.25. The SMILES string of the molecule is COc1ccc(Oc2ccc(NCC3CCCN3C(=O)OC(C)(C)C)c(Oc3ccc(OC)cc3)c2)cc1. The Morgan fingerprint density at radius 2 is 1.39 bits per heavy atom. The third-order valence-electron chi connectivity index (χ3n) is 6.07. The number of carbonyl (C=O) groups is 1. The minimum Gasteiger partial charge on any atom is -0.497 e. The Bertz CT molecular complexity index is 1200. The summed E-state index contributed by atoms with van der Waals surface area (Å²) in [6, 6.07) is 20.4. The maximum atomic E-state index is 12.7. The number of nitrogens with one attached hydrogen (secondary N) is 1. The summed E-state index contributed by atoms with van der Waals surface area (Å²) in [4.78, 5) is 14.5. The van der Waals surface area contributed by atoms with Gasteiger partial charge in [0.1, 0.15) is 34.3 Å². The molecular weight excluding hydrogens is 484 g/mol. The van der Waals surface area contributed by atoms with Crippen molar-refractivity contribution in [2.24, 2.45) is 0 Å². The summed E-state index contributed by atoms with van der Waals surface area (Å²) >= 11 is 0. The summed E-state index contributed by atoms with van der Waals surface area (Å²) in [7, 11) is 3.25. The zero-order valence-corrected chi connectivity index (χ0v) is 22.7. The average molecular weight is 521 g/mol. The van der Waals surface area contributed by atoms with Crippen LogP contribution in [0, 0.1) is 0 Å². The van der Waals surface area contributed by atoms with E-state index in [1.54, 1.807) is 14.2 Å². The van der Waals surface area contributed by atoms with Gasteiger partial charge in [-0.2, -0.15) is 0 Å². The van der Waals surface area contributed by atoms with Gasteiger partial charge in [0.2, 0.25) is 0 Å². The van der Waals surface area contributed by atoms with Gasteiger partial charge in [0, 0.05) is 19.2 Å². The van der Waals surface area contributed by atoms with Crippen molar-refractivity contribution in [3.8, 4) is 34.5 Å². The highest BCUT2D eigenvalue weighted by Gasteiger charge is 2.32. The van der Waals surface area contributed by atoms with E-state index in [2.05, 4.69) is 5.32 Å². The van der Waals surface area contributed by atoms with Crippen LogP contribution in [0.25, 0.3) is 0 Å². The molecule has 0 aromatic heterocycles. The molecule has 1 fully saturated rings. The normalized spacial score (nSPS) is 15.1. The number of hydrogen-bond acceptors (Lipinski definition) is 7. The molecular formula is C30H36N2O6. The highest BCUT2D eigenvalue weighted by Crippen LogP contribution is 2.36. The van der Waals surface area contributed by atoms with Crippen LogP contribution in [-0.2, 0) is 4.74 Å². The van der Waals surface area contributed by atoms with Gasteiger partial charge in [0.25, 0.3) is 0 Å². The van der Waals surface area contributed by atoms with E-state index in [1.165, 1.54) is 0 Å². The zero-order chi connectivity index (χ0) is 27.1. The predicted octanol–water partition coefficient (Wildman–Crippen LogP) is 7.10. The van der Waals surface area contributed by atoms with Crippen LogP contribution in [0.1, 0.15) is 33.6 Å². The van der Waals surface area contributed by atoms with E-state index in [-0.39, 0.29) is 12.1 Å². The van der Waals surface area contributed by atoms with Gasteiger partial charge in [-0.3, -0.25) is 0 Å². The van der Waals surface area contributed by atoms with Crippen LogP contribution < -0.4 is 24.3 Å². The van der Waals surface area contributed by atoms with Crippen molar-refractivity contribution >= 4 is 11.8 Å². The molecule has 202 valence electrons. The summed E-state index contributed by atoms with van der Waals surface area (Å²) in [6.07, 6.45) is 1.56. The zero-order valence-electron chi connectivity index (χ0n) is 22.7. The first kappa shape index (κ1) is 27.0. The second-order valence-electron chi connectivity index (χ2n) is 10.1. The first-order chi connectivity index (χ1) is 18.2. The van der Waals surface area contributed by atoms with Crippen LogP contribution in [0.4, 0.5) is 10.5 Å². The molecule has 8 heteroatoms. The number of ether oxygens (including phenoxy) is 5. The lowest BCUT2D eigenvalue weighted by Crippen LogP contribution is -2.42. The Morgan fingerprint density at radius 1 is 0.842 bits per heavy atom. The molecule has 8 nitrogen and oxygen atoms in total. The molecule has 3 aromatic rings. The van der Waals surface area contributed by atoms with Crippen LogP contribution in [0.3, 0.4) is 0 Å². The van der Waals surface area contributed by atoms with Crippen molar-refractivity contribution in [3.63, 3.8) is 0 Å². The van der Waals surface area contributed by atoms with Crippen molar-refractivity contribution in [1.82, 2.24) is 4.90 Å². The van der Waals surface area contributed by atoms with Gasteiger partial charge in [0.15, 0.2) is 5.75 Å². The molecule has 1 heterocycles. The number of hydrogen-bond donors (Lipinski definition) is 1. The van der Waals surface area contributed by atoms with Crippen LogP contribution in [0.5, 0.6) is 34.5 Å². The van der Waals surface area contributed by atoms with E-state index >= 15 is 0 Å². The lowest BCUT2D eigenvalue weighted by Gasteiger charge is -2.29. The van der Waals surface area contributed by atoms with E-state index in [0.29, 0.717) is 36.1 Å². The molecule has 4 rings (SSSR count). The quantitative estimate of drug-likeness (QED) is 0.322. The lowest BCUT2D eigenvalue weighted by molar-refractivity contribution is 0.0235. The fraction of sp³-hybridized carbons (Fsp3) is 0.367. The third-order valence-corrected chi connectivity index (χ3v) is 6.07. The highest BCUT2D eigenvalue weighted by molar-refractivity contribution is 5.69. The number of amides is 1. The molecule has 1 saturated heterocycles. The number of benzene rings is 3. The molecule has 3 aromatic carbocycles. The topological polar surface area (TPSA) is 78.5 Å². The molecule has 0 radical (unpaired) electrons. The largest absolute Gasteiger partial charge is 0.497 e. The number of methoxy groups -OCH3 is 2. The molecule has 1 atom stereocenters. The van der Waals surface area contributed by atoms with Gasteiger partial charge in [0.05, 0.1) is 25.9 Å². The Balaban J connectivity index is 1.52. The van der Waals surface area contributed by atoms with Crippen molar-refractivity contribution < 1.29 is 28.5 Å². The van der Waals surface area contributed by atoms with Crippen molar-refractivity contribution in [2.75, 3.05) is 32.6 Å². The molecule has 0 bridgehead atoms. The minimum atomic E-state index is -0.531. The number of carbonyl (C=O) groups excluding carboxylic acids is 1. The van der Waals surface area contributed by atoms with Gasteiger partial charge in [-0.25, -0.2) is 4.79 Å². The molecule has 1 N–H and O–H groups in total. The van der Waals surface area contributed by atoms with Crippen LogP contribution in [-0.4, -0.2) is 49.9 Å². The average Bonchev–Trinajstić information content (AvgIpc) is 3.37. The Hall–Kier alpha value is -4.07. The lowest BCUT2D eigenvalue weighted by atomic mass is 10.2. The fourth-order valence-corrected chi connectivity index (χ4v) is 4.18. The van der Waals surface area contributed by atoms with Crippen LogP contribution >= 0.6 is 0 Å². The first-order valence-corrected chi connectivity index (χ1v) is 12.8. The molecule has 0 aliphatic carbocycles. The number of anilines is 1. The second-order valence-corrected chi connectivity index (χ2v) is 10.1. The molecule has 1 amide bonds. The Labute approximate surface area is 224 Å². The maximum Gasteiger partial charge on any atom is 0.410 e. The van der Waals surface area contributed by atoms with Gasteiger partial charge in [-0.15, -0.1) is 0 Å². The smallest absolute Gasteiger partial charge is 0.410 e.